The quantitative estimate of drug-likeness (QED) is 0.769. The number of rotatable bonds is 8. The molecule has 1 amide bonds. The first-order valence-electron chi connectivity index (χ1n) is 8.39. The second-order valence-corrected chi connectivity index (χ2v) is 7.69. The molecule has 0 atom stereocenters. The summed E-state index contributed by atoms with van der Waals surface area (Å²) >= 11 is 0. The number of anilines is 1. The van der Waals surface area contributed by atoms with Gasteiger partial charge in [-0.1, -0.05) is 25.1 Å². The number of methoxy groups -OCH3 is 1. The van der Waals surface area contributed by atoms with Crippen LogP contribution in [0, 0.1) is 6.92 Å². The zero-order valence-corrected chi connectivity index (χ0v) is 16.0. The van der Waals surface area contributed by atoms with E-state index in [-0.39, 0.29) is 17.3 Å². The molecule has 6 nitrogen and oxygen atoms in total. The van der Waals surface area contributed by atoms with Crippen LogP contribution in [0.15, 0.2) is 53.4 Å². The fourth-order valence-corrected chi connectivity index (χ4v) is 4.01. The van der Waals surface area contributed by atoms with Gasteiger partial charge in [0, 0.05) is 6.54 Å². The van der Waals surface area contributed by atoms with Gasteiger partial charge in [0.25, 0.3) is 10.0 Å². The number of sulfonamides is 1. The van der Waals surface area contributed by atoms with E-state index in [9.17, 15) is 13.2 Å². The number of hydrogen-bond acceptors (Lipinski definition) is 4. The SMILES string of the molecule is CCCNC(=O)CN(c1ccccc1)S(=O)(=O)c1ccc(OC)c(C)c1. The summed E-state index contributed by atoms with van der Waals surface area (Å²) < 4.78 is 32.7. The van der Waals surface area contributed by atoms with Gasteiger partial charge >= 0.3 is 0 Å². The van der Waals surface area contributed by atoms with Gasteiger partial charge in [-0.15, -0.1) is 0 Å². The van der Waals surface area contributed by atoms with E-state index >= 15 is 0 Å². The lowest BCUT2D eigenvalue weighted by Crippen LogP contribution is -2.41. The second kappa shape index (κ2) is 8.71. The lowest BCUT2D eigenvalue weighted by Gasteiger charge is -2.24. The molecule has 0 saturated heterocycles. The molecule has 0 spiro atoms. The molecule has 0 aliphatic carbocycles. The predicted octanol–water partition coefficient (Wildman–Crippen LogP) is 2.73. The third-order valence-corrected chi connectivity index (χ3v) is 5.63. The van der Waals surface area contributed by atoms with Gasteiger partial charge in [-0.2, -0.15) is 0 Å². The van der Waals surface area contributed by atoms with Gasteiger partial charge in [0.15, 0.2) is 0 Å². The van der Waals surface area contributed by atoms with Crippen LogP contribution in [0.25, 0.3) is 0 Å². The molecule has 0 radical (unpaired) electrons. The van der Waals surface area contributed by atoms with Crippen molar-refractivity contribution in [3.05, 3.63) is 54.1 Å². The van der Waals surface area contributed by atoms with Crippen LogP contribution in [0.1, 0.15) is 18.9 Å². The van der Waals surface area contributed by atoms with E-state index in [0.717, 1.165) is 10.7 Å². The monoisotopic (exact) mass is 376 g/mol. The molecule has 0 aliphatic rings. The van der Waals surface area contributed by atoms with Crippen molar-refractivity contribution in [1.82, 2.24) is 5.32 Å². The lowest BCUT2D eigenvalue weighted by atomic mass is 10.2. The first-order chi connectivity index (χ1) is 12.4. The third kappa shape index (κ3) is 4.54. The van der Waals surface area contributed by atoms with Crippen molar-refractivity contribution in [3.63, 3.8) is 0 Å². The number of benzene rings is 2. The van der Waals surface area contributed by atoms with Crippen molar-refractivity contribution in [2.45, 2.75) is 25.2 Å². The van der Waals surface area contributed by atoms with E-state index in [0.29, 0.717) is 23.5 Å². The number of aryl methyl sites for hydroxylation is 1. The Morgan fingerprint density at radius 3 is 2.42 bits per heavy atom. The van der Waals surface area contributed by atoms with Crippen LogP contribution in [0.2, 0.25) is 0 Å². The Hall–Kier alpha value is -2.54. The van der Waals surface area contributed by atoms with Crippen molar-refractivity contribution in [3.8, 4) is 5.75 Å². The first kappa shape index (κ1) is 19.8. The number of nitrogens with one attached hydrogen (secondary N) is 1. The maximum absolute atomic E-state index is 13.2. The van der Waals surface area contributed by atoms with Crippen LogP contribution < -0.4 is 14.4 Å². The van der Waals surface area contributed by atoms with Gasteiger partial charge in [-0.25, -0.2) is 8.42 Å². The molecule has 0 saturated carbocycles. The van der Waals surface area contributed by atoms with Crippen LogP contribution in [0.4, 0.5) is 5.69 Å². The maximum Gasteiger partial charge on any atom is 0.264 e. The largest absolute Gasteiger partial charge is 0.496 e. The van der Waals surface area contributed by atoms with Crippen molar-refractivity contribution in [2.75, 3.05) is 24.5 Å². The van der Waals surface area contributed by atoms with Gasteiger partial charge in [0.1, 0.15) is 12.3 Å². The zero-order chi connectivity index (χ0) is 19.2. The maximum atomic E-state index is 13.2. The number of ether oxygens (including phenoxy) is 1. The summed E-state index contributed by atoms with van der Waals surface area (Å²) in [6, 6.07) is 13.3. The molecule has 7 heteroatoms. The minimum absolute atomic E-state index is 0.114. The summed E-state index contributed by atoms with van der Waals surface area (Å²) in [4.78, 5) is 12.3. The third-order valence-electron chi connectivity index (χ3n) is 3.86. The van der Waals surface area contributed by atoms with Gasteiger partial charge < -0.3 is 10.1 Å². The minimum Gasteiger partial charge on any atom is -0.496 e. The molecule has 2 aromatic carbocycles. The van der Waals surface area contributed by atoms with Crippen molar-refractivity contribution < 1.29 is 17.9 Å². The molecular formula is C19H24N2O4S. The van der Waals surface area contributed by atoms with E-state index in [2.05, 4.69) is 5.32 Å². The van der Waals surface area contributed by atoms with Crippen LogP contribution in [0.5, 0.6) is 5.75 Å². The van der Waals surface area contributed by atoms with E-state index < -0.39 is 10.0 Å². The summed E-state index contributed by atoms with van der Waals surface area (Å²) in [7, 11) is -2.37. The molecular weight excluding hydrogens is 352 g/mol. The highest BCUT2D eigenvalue weighted by Crippen LogP contribution is 2.27. The Kier molecular flexibility index (Phi) is 6.63. The molecule has 0 aromatic heterocycles. The average molecular weight is 376 g/mol. The van der Waals surface area contributed by atoms with Crippen molar-refractivity contribution in [2.24, 2.45) is 0 Å². The number of amides is 1. The van der Waals surface area contributed by atoms with Gasteiger partial charge in [0.2, 0.25) is 5.91 Å². The molecule has 0 unspecified atom stereocenters. The molecule has 2 aromatic rings. The van der Waals surface area contributed by atoms with Gasteiger partial charge in [-0.3, -0.25) is 9.10 Å². The van der Waals surface area contributed by atoms with E-state index in [1.165, 1.54) is 13.2 Å². The highest BCUT2D eigenvalue weighted by Gasteiger charge is 2.27. The molecule has 0 aliphatic heterocycles. The zero-order valence-electron chi connectivity index (χ0n) is 15.2. The Morgan fingerprint density at radius 2 is 1.85 bits per heavy atom. The Morgan fingerprint density at radius 1 is 1.15 bits per heavy atom. The Bertz CT molecular complexity index is 851. The summed E-state index contributed by atoms with van der Waals surface area (Å²) in [6.45, 7) is 3.94. The first-order valence-corrected chi connectivity index (χ1v) is 9.83. The normalized spacial score (nSPS) is 11.0. The summed E-state index contributed by atoms with van der Waals surface area (Å²) in [5.74, 6) is 0.264. The van der Waals surface area contributed by atoms with Gasteiger partial charge in [-0.05, 0) is 49.2 Å². The summed E-state index contributed by atoms with van der Waals surface area (Å²) in [5, 5.41) is 2.72. The molecule has 26 heavy (non-hydrogen) atoms. The van der Waals surface area contributed by atoms with E-state index in [4.69, 9.17) is 4.74 Å². The fourth-order valence-electron chi connectivity index (χ4n) is 2.50. The van der Waals surface area contributed by atoms with Crippen LogP contribution in [-0.2, 0) is 14.8 Å². The summed E-state index contributed by atoms with van der Waals surface area (Å²) in [5.41, 5.74) is 1.14. The standard InChI is InChI=1S/C19H24N2O4S/c1-4-12-20-19(22)14-21(16-8-6-5-7-9-16)26(23,24)17-10-11-18(25-3)15(2)13-17/h5-11,13H,4,12,14H2,1-3H3,(H,20,22). The van der Waals surface area contributed by atoms with Crippen molar-refractivity contribution in [1.29, 1.82) is 0 Å². The minimum atomic E-state index is -3.90. The number of carbonyl (C=O) groups excluding carboxylic acids is 1. The van der Waals surface area contributed by atoms with E-state index in [1.54, 1.807) is 49.4 Å². The summed E-state index contributed by atoms with van der Waals surface area (Å²) in [6.07, 6.45) is 0.779. The lowest BCUT2D eigenvalue weighted by molar-refractivity contribution is -0.119. The molecule has 0 fully saturated rings. The number of carbonyl (C=O) groups is 1. The number of para-hydroxylation sites is 1. The highest BCUT2D eigenvalue weighted by atomic mass is 32.2. The predicted molar refractivity (Wildman–Crippen MR) is 102 cm³/mol. The van der Waals surface area contributed by atoms with Crippen LogP contribution in [-0.4, -0.2) is 34.5 Å². The second-order valence-electron chi connectivity index (χ2n) is 5.83. The topological polar surface area (TPSA) is 75.7 Å². The fraction of sp³-hybridized carbons (Fsp3) is 0.316. The van der Waals surface area contributed by atoms with Gasteiger partial charge in [0.05, 0.1) is 17.7 Å². The Balaban J connectivity index is 2.43. The Labute approximate surface area is 154 Å². The smallest absolute Gasteiger partial charge is 0.264 e. The number of hydrogen-bond donors (Lipinski definition) is 1. The van der Waals surface area contributed by atoms with Crippen LogP contribution >= 0.6 is 0 Å². The molecule has 2 rings (SSSR count). The molecule has 0 bridgehead atoms. The average Bonchev–Trinajstić information content (AvgIpc) is 2.64. The molecule has 140 valence electrons. The molecule has 1 N–H and O–H groups in total. The highest BCUT2D eigenvalue weighted by molar-refractivity contribution is 7.92. The van der Waals surface area contributed by atoms with Crippen molar-refractivity contribution >= 4 is 21.6 Å². The van der Waals surface area contributed by atoms with E-state index in [1.807, 2.05) is 6.92 Å². The van der Waals surface area contributed by atoms with Crippen LogP contribution in [0.3, 0.4) is 0 Å². The molecule has 0 heterocycles. The number of nitrogens with zero attached hydrogens (tertiary/aromatic N) is 1.